The number of aliphatic hydroxyl groups is 1. The van der Waals surface area contributed by atoms with E-state index in [4.69, 9.17) is 11.6 Å². The van der Waals surface area contributed by atoms with E-state index in [9.17, 15) is 5.11 Å². The van der Waals surface area contributed by atoms with Crippen LogP contribution in [0, 0.1) is 0 Å². The van der Waals surface area contributed by atoms with Gasteiger partial charge in [-0.25, -0.2) is 0 Å². The molecule has 4 heteroatoms. The molecule has 0 radical (unpaired) electrons. The van der Waals surface area contributed by atoms with Crippen molar-refractivity contribution < 1.29 is 5.11 Å². The maximum absolute atomic E-state index is 9.44. The summed E-state index contributed by atoms with van der Waals surface area (Å²) in [5.74, 6) is 1.07. The minimum atomic E-state index is -0.469. The second-order valence-corrected chi connectivity index (χ2v) is 5.19. The molecule has 1 aromatic carbocycles. The number of aliphatic hydroxyl groups excluding tert-OH is 1. The van der Waals surface area contributed by atoms with Crippen molar-refractivity contribution >= 4 is 29.1 Å². The Labute approximate surface area is 107 Å². The summed E-state index contributed by atoms with van der Waals surface area (Å²) >= 11 is 8.00. The Balaban J connectivity index is 2.81. The number of rotatable bonds is 5. The topological polar surface area (TPSA) is 23.5 Å². The first kappa shape index (κ1) is 13.7. The van der Waals surface area contributed by atoms with Gasteiger partial charge in [-0.05, 0) is 30.9 Å². The van der Waals surface area contributed by atoms with Crippen molar-refractivity contribution in [3.05, 3.63) is 28.8 Å². The zero-order valence-electron chi connectivity index (χ0n) is 9.90. The third kappa shape index (κ3) is 3.58. The first-order valence-corrected chi connectivity index (χ1v) is 7.01. The van der Waals surface area contributed by atoms with Gasteiger partial charge in [-0.1, -0.05) is 17.7 Å². The molecule has 1 atom stereocenters. The van der Waals surface area contributed by atoms with Gasteiger partial charge >= 0.3 is 0 Å². The summed E-state index contributed by atoms with van der Waals surface area (Å²) in [6.07, 6.45) is 1.62. The van der Waals surface area contributed by atoms with E-state index in [1.807, 2.05) is 37.0 Å². The largest absolute Gasteiger partial charge is 0.389 e. The molecule has 0 aliphatic heterocycles. The molecule has 0 aliphatic carbocycles. The van der Waals surface area contributed by atoms with Gasteiger partial charge < -0.3 is 10.0 Å². The van der Waals surface area contributed by atoms with E-state index < -0.39 is 6.10 Å². The van der Waals surface area contributed by atoms with Crippen LogP contribution in [0.4, 0.5) is 5.69 Å². The van der Waals surface area contributed by atoms with Crippen molar-refractivity contribution in [2.24, 2.45) is 0 Å². The van der Waals surface area contributed by atoms with E-state index in [2.05, 4.69) is 11.2 Å². The highest BCUT2D eigenvalue weighted by atomic mass is 35.5. The lowest BCUT2D eigenvalue weighted by molar-refractivity contribution is 0.199. The summed E-state index contributed by atoms with van der Waals surface area (Å²) < 4.78 is 0. The zero-order valence-corrected chi connectivity index (χ0v) is 11.5. The molecule has 0 aromatic heterocycles. The molecule has 2 nitrogen and oxygen atoms in total. The minimum Gasteiger partial charge on any atom is -0.389 e. The number of hydrogen-bond donors (Lipinski definition) is 1. The Morgan fingerprint density at radius 3 is 2.69 bits per heavy atom. The highest BCUT2D eigenvalue weighted by molar-refractivity contribution is 7.98. The fourth-order valence-electron chi connectivity index (χ4n) is 1.44. The van der Waals surface area contributed by atoms with Crippen LogP contribution in [0.1, 0.15) is 18.6 Å². The van der Waals surface area contributed by atoms with Crippen LogP contribution in [-0.2, 0) is 0 Å². The Bertz CT molecular complexity index is 344. The van der Waals surface area contributed by atoms with Crippen molar-refractivity contribution in [1.82, 2.24) is 0 Å². The van der Waals surface area contributed by atoms with Crippen LogP contribution < -0.4 is 4.90 Å². The van der Waals surface area contributed by atoms with Gasteiger partial charge in [-0.15, -0.1) is 0 Å². The first-order chi connectivity index (χ1) is 7.56. The summed E-state index contributed by atoms with van der Waals surface area (Å²) in [5.41, 5.74) is 1.87. The molecular formula is C12H18ClNOS. The summed E-state index contributed by atoms with van der Waals surface area (Å²) in [5, 5.41) is 10.1. The molecule has 90 valence electrons. The lowest BCUT2D eigenvalue weighted by Gasteiger charge is -2.21. The molecular weight excluding hydrogens is 242 g/mol. The van der Waals surface area contributed by atoms with Crippen molar-refractivity contribution in [2.75, 3.05) is 30.5 Å². The predicted octanol–water partition coefficient (Wildman–Crippen LogP) is 3.19. The number of halogens is 1. The van der Waals surface area contributed by atoms with Gasteiger partial charge in [0.1, 0.15) is 0 Å². The Morgan fingerprint density at radius 1 is 1.50 bits per heavy atom. The molecule has 1 rings (SSSR count). The number of hydrogen-bond acceptors (Lipinski definition) is 3. The van der Waals surface area contributed by atoms with Crippen LogP contribution in [0.2, 0.25) is 5.02 Å². The molecule has 0 bridgehead atoms. The van der Waals surface area contributed by atoms with Crippen molar-refractivity contribution in [3.8, 4) is 0 Å². The van der Waals surface area contributed by atoms with Gasteiger partial charge in [0.25, 0.3) is 0 Å². The molecule has 0 aliphatic rings. The molecule has 1 aromatic rings. The number of nitrogens with zero attached hydrogens (tertiary/aromatic N) is 1. The summed E-state index contributed by atoms with van der Waals surface area (Å²) in [4.78, 5) is 2.13. The lowest BCUT2D eigenvalue weighted by Crippen LogP contribution is -2.20. The number of benzene rings is 1. The average Bonchev–Trinajstić information content (AvgIpc) is 2.25. The van der Waals surface area contributed by atoms with E-state index in [1.165, 1.54) is 0 Å². The molecule has 0 spiro atoms. The van der Waals surface area contributed by atoms with E-state index in [0.29, 0.717) is 5.02 Å². The monoisotopic (exact) mass is 259 g/mol. The quantitative estimate of drug-likeness (QED) is 0.879. The summed E-state index contributed by atoms with van der Waals surface area (Å²) in [6.45, 7) is 2.71. The third-order valence-electron chi connectivity index (χ3n) is 2.50. The van der Waals surface area contributed by atoms with Gasteiger partial charge in [0.05, 0.1) is 16.8 Å². The van der Waals surface area contributed by atoms with Crippen LogP contribution in [0.3, 0.4) is 0 Å². The van der Waals surface area contributed by atoms with Gasteiger partial charge in [0, 0.05) is 19.3 Å². The van der Waals surface area contributed by atoms with Crippen LogP contribution in [0.15, 0.2) is 18.2 Å². The van der Waals surface area contributed by atoms with Crippen LogP contribution in [-0.4, -0.2) is 30.7 Å². The fraction of sp³-hybridized carbons (Fsp3) is 0.500. The molecule has 16 heavy (non-hydrogen) atoms. The predicted molar refractivity (Wildman–Crippen MR) is 73.7 cm³/mol. The number of anilines is 1. The molecule has 0 amide bonds. The van der Waals surface area contributed by atoms with Crippen LogP contribution >= 0.6 is 23.4 Å². The van der Waals surface area contributed by atoms with Crippen molar-refractivity contribution in [2.45, 2.75) is 13.0 Å². The summed E-state index contributed by atoms with van der Waals surface area (Å²) in [7, 11) is 2.03. The van der Waals surface area contributed by atoms with Gasteiger partial charge in [0.15, 0.2) is 0 Å². The third-order valence-corrected chi connectivity index (χ3v) is 3.39. The Morgan fingerprint density at radius 2 is 2.19 bits per heavy atom. The van der Waals surface area contributed by atoms with Gasteiger partial charge in [-0.3, -0.25) is 0 Å². The first-order valence-electron chi connectivity index (χ1n) is 5.24. The average molecular weight is 260 g/mol. The van der Waals surface area contributed by atoms with Gasteiger partial charge in [0.2, 0.25) is 0 Å². The highest BCUT2D eigenvalue weighted by Crippen LogP contribution is 2.28. The Kier molecular flexibility index (Phi) is 5.46. The SMILES string of the molecule is CSCCN(C)c1ccc(C(C)O)cc1Cl. The van der Waals surface area contributed by atoms with Crippen LogP contribution in [0.25, 0.3) is 0 Å². The molecule has 0 fully saturated rings. The maximum Gasteiger partial charge on any atom is 0.0762 e. The van der Waals surface area contributed by atoms with Crippen LogP contribution in [0.5, 0.6) is 0 Å². The van der Waals surface area contributed by atoms with E-state index in [1.54, 1.807) is 6.92 Å². The van der Waals surface area contributed by atoms with Crippen molar-refractivity contribution in [1.29, 1.82) is 0 Å². The molecule has 0 heterocycles. The second kappa shape index (κ2) is 6.38. The van der Waals surface area contributed by atoms with E-state index in [0.717, 1.165) is 23.5 Å². The van der Waals surface area contributed by atoms with Gasteiger partial charge in [-0.2, -0.15) is 11.8 Å². The Hall–Kier alpha value is -0.380. The molecule has 1 N–H and O–H groups in total. The van der Waals surface area contributed by atoms with E-state index >= 15 is 0 Å². The maximum atomic E-state index is 9.44. The standard InChI is InChI=1S/C12H18ClNOS/c1-9(15)10-4-5-12(11(13)8-10)14(2)6-7-16-3/h4-5,8-9,15H,6-7H2,1-3H3. The minimum absolute atomic E-state index is 0.469. The lowest BCUT2D eigenvalue weighted by atomic mass is 10.1. The van der Waals surface area contributed by atoms with Crippen molar-refractivity contribution in [3.63, 3.8) is 0 Å². The fourth-order valence-corrected chi connectivity index (χ4v) is 2.23. The van der Waals surface area contributed by atoms with E-state index in [-0.39, 0.29) is 0 Å². The summed E-state index contributed by atoms with van der Waals surface area (Å²) in [6, 6.07) is 5.71. The molecule has 0 saturated heterocycles. The second-order valence-electron chi connectivity index (χ2n) is 3.80. The normalized spacial score (nSPS) is 12.6. The zero-order chi connectivity index (χ0) is 12.1. The smallest absolute Gasteiger partial charge is 0.0762 e. The molecule has 0 saturated carbocycles. The highest BCUT2D eigenvalue weighted by Gasteiger charge is 2.08. The number of thioether (sulfide) groups is 1. The molecule has 1 unspecified atom stereocenters.